The molecule has 0 aromatic heterocycles. The van der Waals surface area contributed by atoms with Crippen LogP contribution in [0.3, 0.4) is 0 Å². The molecule has 0 fully saturated rings. The fourth-order valence-corrected chi connectivity index (χ4v) is 5.58. The maximum atomic E-state index is 2.37. The first-order chi connectivity index (χ1) is 13.3. The van der Waals surface area contributed by atoms with Crippen LogP contribution in [0.25, 0.3) is 0 Å². The zero-order valence-electron chi connectivity index (χ0n) is 17.5. The van der Waals surface area contributed by atoms with Gasteiger partial charge in [-0.1, -0.05) is 0 Å². The van der Waals surface area contributed by atoms with E-state index in [2.05, 4.69) is 62.4 Å². The van der Waals surface area contributed by atoms with Crippen molar-refractivity contribution in [3.8, 4) is 0 Å². The van der Waals surface area contributed by atoms with Gasteiger partial charge in [0.1, 0.15) is 0 Å². The molecule has 0 saturated carbocycles. The summed E-state index contributed by atoms with van der Waals surface area (Å²) in [5.74, 6) is 0. The zero-order valence-corrected chi connectivity index (χ0v) is 19.6. The Morgan fingerprint density at radius 2 is 0.852 bits per heavy atom. The van der Waals surface area contributed by atoms with E-state index in [0.29, 0.717) is 0 Å². The van der Waals surface area contributed by atoms with Gasteiger partial charge < -0.3 is 0 Å². The molecule has 0 amide bonds. The van der Waals surface area contributed by atoms with E-state index < -0.39 is 0 Å². The van der Waals surface area contributed by atoms with E-state index in [4.69, 9.17) is 0 Å². The van der Waals surface area contributed by atoms with E-state index in [9.17, 15) is 0 Å². The molecule has 0 aliphatic heterocycles. The molecule has 150 valence electrons. The van der Waals surface area contributed by atoms with Crippen molar-refractivity contribution in [2.45, 2.75) is 90.9 Å². The van der Waals surface area contributed by atoms with Crippen molar-refractivity contribution in [2.75, 3.05) is 0 Å². The van der Waals surface area contributed by atoms with E-state index in [1.54, 1.807) is 0 Å². The quantitative estimate of drug-likeness (QED) is 0.270. The van der Waals surface area contributed by atoms with E-state index in [0.717, 1.165) is 0 Å². The second kappa shape index (κ2) is 14.2. The van der Waals surface area contributed by atoms with Crippen molar-refractivity contribution in [3.63, 3.8) is 0 Å². The fourth-order valence-electron chi connectivity index (χ4n) is 3.42. The maximum absolute atomic E-state index is 2.37. The van der Waals surface area contributed by atoms with E-state index in [1.165, 1.54) is 95.3 Å². The number of unbranched alkanes of at least 4 members (excludes halogenated alkanes) is 8. The van der Waals surface area contributed by atoms with Gasteiger partial charge in [0.25, 0.3) is 0 Å². The summed E-state index contributed by atoms with van der Waals surface area (Å²) in [5.41, 5.74) is 3.02. The first kappa shape index (κ1) is 22.5. The van der Waals surface area contributed by atoms with Crippen LogP contribution in [0.1, 0.15) is 89.2 Å². The molecule has 2 rings (SSSR count). The third-order valence-electron chi connectivity index (χ3n) is 5.18. The van der Waals surface area contributed by atoms with Gasteiger partial charge in [0, 0.05) is 0 Å². The Bertz CT molecular complexity index is 542. The van der Waals surface area contributed by atoms with Gasteiger partial charge in [-0.3, -0.25) is 0 Å². The molecule has 0 spiro atoms. The van der Waals surface area contributed by atoms with Gasteiger partial charge in [0.2, 0.25) is 0 Å². The van der Waals surface area contributed by atoms with Crippen LogP contribution in [0.15, 0.2) is 48.5 Å². The van der Waals surface area contributed by atoms with Gasteiger partial charge >= 0.3 is 179 Å². The molecule has 2 aromatic carbocycles. The summed E-state index contributed by atoms with van der Waals surface area (Å²) in [6, 6.07) is 18.9. The average molecular weight is 477 g/mol. The summed E-state index contributed by atoms with van der Waals surface area (Å²) >= 11 is -0.0408. The van der Waals surface area contributed by atoms with Crippen LogP contribution in [0.5, 0.6) is 0 Å². The molecule has 27 heavy (non-hydrogen) atoms. The molecule has 0 saturated heterocycles. The van der Waals surface area contributed by atoms with Crippen LogP contribution < -0.4 is 21.2 Å². The number of benzene rings is 2. The summed E-state index contributed by atoms with van der Waals surface area (Å²) in [7, 11) is 0. The minimum absolute atomic E-state index is 0.0408. The number of rotatable bonds is 14. The Morgan fingerprint density at radius 3 is 1.22 bits per heavy atom. The van der Waals surface area contributed by atoms with Crippen molar-refractivity contribution >= 4 is 0 Å². The summed E-state index contributed by atoms with van der Waals surface area (Å²) in [6.07, 6.45) is 16.2. The van der Waals surface area contributed by atoms with Gasteiger partial charge in [-0.05, 0) is 0 Å². The Hall–Kier alpha value is -0.830. The van der Waals surface area contributed by atoms with Crippen LogP contribution in [0, 0.1) is 7.14 Å². The molecule has 0 heterocycles. The topological polar surface area (TPSA) is 0 Å². The van der Waals surface area contributed by atoms with Gasteiger partial charge in [0.05, 0.1) is 0 Å². The van der Waals surface area contributed by atoms with Crippen molar-refractivity contribution in [3.05, 3.63) is 66.8 Å². The molecule has 0 atom stereocenters. The first-order valence-corrected chi connectivity index (χ1v) is 13.3. The third kappa shape index (κ3) is 9.78. The van der Waals surface area contributed by atoms with Gasteiger partial charge in [-0.15, -0.1) is 0 Å². The molecule has 0 N–H and O–H groups in total. The first-order valence-electron chi connectivity index (χ1n) is 11.1. The Kier molecular flexibility index (Phi) is 11.8. The molecule has 0 nitrogen and oxygen atoms in total. The molecule has 0 unspecified atom stereocenters. The predicted molar refractivity (Wildman–Crippen MR) is 115 cm³/mol. The van der Waals surface area contributed by atoms with Crippen molar-refractivity contribution in [1.29, 1.82) is 0 Å². The molecule has 2 aromatic rings. The van der Waals surface area contributed by atoms with Crippen molar-refractivity contribution in [1.82, 2.24) is 0 Å². The van der Waals surface area contributed by atoms with Crippen LogP contribution in [-0.2, 0) is 12.8 Å². The normalized spacial score (nSPS) is 11.2. The second-order valence-corrected chi connectivity index (χ2v) is 10.7. The number of halogens is 1. The number of aryl methyl sites for hydroxylation is 2. The Balaban J connectivity index is 1.71. The molecule has 0 aliphatic carbocycles. The SMILES string of the molecule is CCCCCCCc1ccc([I-]c2ccc(CCCCCCC)cc2)cc1. The third-order valence-corrected chi connectivity index (χ3v) is 7.87. The molecule has 0 bridgehead atoms. The fraction of sp³-hybridized carbons (Fsp3) is 0.538. The number of hydrogen-bond donors (Lipinski definition) is 0. The molecule has 1 heteroatoms. The molecular weight excluding hydrogens is 439 g/mol. The molecular formula is C26H38I-. The van der Waals surface area contributed by atoms with Crippen LogP contribution >= 0.6 is 0 Å². The molecule has 0 aliphatic rings. The zero-order chi connectivity index (χ0) is 19.2. The van der Waals surface area contributed by atoms with Gasteiger partial charge in [-0.2, -0.15) is 0 Å². The van der Waals surface area contributed by atoms with Gasteiger partial charge in [0.15, 0.2) is 0 Å². The van der Waals surface area contributed by atoms with Crippen LogP contribution in [-0.4, -0.2) is 0 Å². The summed E-state index contributed by atoms with van der Waals surface area (Å²) in [6.45, 7) is 4.56. The summed E-state index contributed by atoms with van der Waals surface area (Å²) in [4.78, 5) is 0. The van der Waals surface area contributed by atoms with Crippen molar-refractivity contribution in [2.24, 2.45) is 0 Å². The summed E-state index contributed by atoms with van der Waals surface area (Å²) in [5, 5.41) is 0. The van der Waals surface area contributed by atoms with Crippen molar-refractivity contribution < 1.29 is 21.2 Å². The van der Waals surface area contributed by atoms with E-state index in [1.807, 2.05) is 0 Å². The Morgan fingerprint density at radius 1 is 0.481 bits per heavy atom. The Labute approximate surface area is 178 Å². The van der Waals surface area contributed by atoms with Crippen LogP contribution in [0.2, 0.25) is 0 Å². The average Bonchev–Trinajstić information content (AvgIpc) is 2.70. The summed E-state index contributed by atoms with van der Waals surface area (Å²) < 4.78 is 3.08. The number of hydrogen-bond acceptors (Lipinski definition) is 0. The van der Waals surface area contributed by atoms with E-state index in [-0.39, 0.29) is 21.2 Å². The second-order valence-electron chi connectivity index (χ2n) is 7.68. The molecule has 0 radical (unpaired) electrons. The van der Waals surface area contributed by atoms with Gasteiger partial charge in [-0.25, -0.2) is 0 Å². The van der Waals surface area contributed by atoms with Crippen LogP contribution in [0.4, 0.5) is 0 Å². The standard InChI is InChI=1S/C26H38I/c1-3-5-7-9-11-13-23-15-19-25(20-16-23)27-26-21-17-24(18-22-26)14-12-10-8-6-4-2/h15-22H,3-14H2,1-2H3/q-1. The predicted octanol–water partition coefficient (Wildman–Crippen LogP) is 4.84. The monoisotopic (exact) mass is 477 g/mol. The minimum atomic E-state index is -0.0408. The van der Waals surface area contributed by atoms with E-state index >= 15 is 0 Å².